The molecule has 0 aliphatic carbocycles. The molecule has 20 heavy (non-hydrogen) atoms. The van der Waals surface area contributed by atoms with Crippen molar-refractivity contribution < 1.29 is 9.53 Å². The number of carbonyl (C=O) groups is 1. The van der Waals surface area contributed by atoms with Gasteiger partial charge in [0.15, 0.2) is 0 Å². The lowest BCUT2D eigenvalue weighted by atomic mass is 10.0. The second-order valence-electron chi connectivity index (χ2n) is 5.40. The molecule has 1 aromatic rings. The molecular formula is C16H24N2O2. The summed E-state index contributed by atoms with van der Waals surface area (Å²) in [5, 5.41) is 3.40. The molecule has 0 aromatic heterocycles. The van der Waals surface area contributed by atoms with Crippen molar-refractivity contribution in [3.8, 4) is 5.75 Å². The van der Waals surface area contributed by atoms with Gasteiger partial charge in [-0.05, 0) is 18.9 Å². The molecule has 1 aliphatic heterocycles. The lowest BCUT2D eigenvalue weighted by Gasteiger charge is -2.20. The Hall–Kier alpha value is -1.55. The quantitative estimate of drug-likeness (QED) is 0.895. The molecule has 1 saturated heterocycles. The summed E-state index contributed by atoms with van der Waals surface area (Å²) < 4.78 is 5.33. The molecule has 2 rings (SSSR count). The molecule has 1 aromatic carbocycles. The van der Waals surface area contributed by atoms with Gasteiger partial charge in [-0.25, -0.2) is 0 Å². The summed E-state index contributed by atoms with van der Waals surface area (Å²) in [6, 6.07) is 7.98. The maximum absolute atomic E-state index is 12.2. The van der Waals surface area contributed by atoms with Crippen LogP contribution in [0.3, 0.4) is 0 Å². The molecule has 110 valence electrons. The molecule has 0 radical (unpaired) electrons. The van der Waals surface area contributed by atoms with Crippen molar-refractivity contribution in [2.75, 3.05) is 27.2 Å². The van der Waals surface area contributed by atoms with E-state index in [0.29, 0.717) is 0 Å². The van der Waals surface area contributed by atoms with E-state index in [2.05, 4.69) is 5.32 Å². The van der Waals surface area contributed by atoms with Gasteiger partial charge in [-0.3, -0.25) is 4.79 Å². The minimum absolute atomic E-state index is 0.109. The van der Waals surface area contributed by atoms with Crippen molar-refractivity contribution in [2.24, 2.45) is 5.92 Å². The fourth-order valence-corrected chi connectivity index (χ4v) is 2.70. The first kappa shape index (κ1) is 14.9. The zero-order chi connectivity index (χ0) is 14.4. The number of likely N-dealkylation sites (tertiary alicyclic amines) is 1. The minimum Gasteiger partial charge on any atom is -0.496 e. The third-order valence-electron chi connectivity index (χ3n) is 3.92. The molecule has 4 nitrogen and oxygen atoms in total. The number of para-hydroxylation sites is 1. The highest BCUT2D eigenvalue weighted by molar-refractivity contribution is 5.79. The van der Waals surface area contributed by atoms with E-state index in [1.165, 1.54) is 0 Å². The van der Waals surface area contributed by atoms with Gasteiger partial charge in [0.25, 0.3) is 0 Å². The third kappa shape index (κ3) is 3.73. The summed E-state index contributed by atoms with van der Waals surface area (Å²) in [4.78, 5) is 14.0. The van der Waals surface area contributed by atoms with Crippen molar-refractivity contribution in [3.05, 3.63) is 29.8 Å². The highest BCUT2D eigenvalue weighted by atomic mass is 16.5. The Labute approximate surface area is 121 Å². The van der Waals surface area contributed by atoms with Gasteiger partial charge in [0, 0.05) is 32.2 Å². The number of ether oxygens (including phenoxy) is 1. The highest BCUT2D eigenvalue weighted by Gasteiger charge is 2.24. The van der Waals surface area contributed by atoms with Gasteiger partial charge in [-0.1, -0.05) is 24.6 Å². The zero-order valence-corrected chi connectivity index (χ0v) is 12.4. The first-order valence-electron chi connectivity index (χ1n) is 7.30. The van der Waals surface area contributed by atoms with E-state index < -0.39 is 0 Å². The number of methoxy groups -OCH3 is 1. The maximum atomic E-state index is 12.2. The van der Waals surface area contributed by atoms with Crippen molar-refractivity contribution >= 4 is 5.91 Å². The molecule has 1 unspecified atom stereocenters. The predicted octanol–water partition coefficient (Wildman–Crippen LogP) is 2.04. The SMILES string of the molecule is COc1ccccc1CNCC1CCCCN(C)C1=O. The standard InChI is InChI=1S/C16H24N2O2/c1-18-10-6-5-8-14(16(18)19)12-17-11-13-7-3-4-9-15(13)20-2/h3-4,7,9,14,17H,5-6,8,10-12H2,1-2H3. The number of hydrogen-bond donors (Lipinski definition) is 1. The summed E-state index contributed by atoms with van der Waals surface area (Å²) in [6.45, 7) is 2.36. The van der Waals surface area contributed by atoms with E-state index in [0.717, 1.165) is 50.2 Å². The van der Waals surface area contributed by atoms with Crippen LogP contribution in [-0.2, 0) is 11.3 Å². The van der Waals surface area contributed by atoms with Crippen LogP contribution in [0.1, 0.15) is 24.8 Å². The van der Waals surface area contributed by atoms with Crippen molar-refractivity contribution in [1.82, 2.24) is 10.2 Å². The number of amides is 1. The minimum atomic E-state index is 0.109. The Bertz CT molecular complexity index is 448. The van der Waals surface area contributed by atoms with Crippen molar-refractivity contribution in [2.45, 2.75) is 25.8 Å². The fraction of sp³-hybridized carbons (Fsp3) is 0.562. The van der Waals surface area contributed by atoms with Crippen LogP contribution in [0, 0.1) is 5.92 Å². The van der Waals surface area contributed by atoms with Gasteiger partial charge < -0.3 is 15.0 Å². The summed E-state index contributed by atoms with van der Waals surface area (Å²) in [5.41, 5.74) is 1.13. The van der Waals surface area contributed by atoms with Gasteiger partial charge in [0.05, 0.1) is 13.0 Å². The van der Waals surface area contributed by atoms with Crippen LogP contribution in [0.5, 0.6) is 5.75 Å². The molecule has 0 bridgehead atoms. The zero-order valence-electron chi connectivity index (χ0n) is 12.4. The topological polar surface area (TPSA) is 41.6 Å². The number of hydrogen-bond acceptors (Lipinski definition) is 3. The van der Waals surface area contributed by atoms with Gasteiger partial charge in [0.2, 0.25) is 5.91 Å². The normalized spacial score (nSPS) is 19.8. The van der Waals surface area contributed by atoms with E-state index >= 15 is 0 Å². The average molecular weight is 276 g/mol. The van der Waals surface area contributed by atoms with E-state index in [9.17, 15) is 4.79 Å². The molecule has 4 heteroatoms. The number of benzene rings is 1. The molecule has 1 atom stereocenters. The van der Waals surface area contributed by atoms with Crippen LogP contribution >= 0.6 is 0 Å². The first-order valence-corrected chi connectivity index (χ1v) is 7.30. The largest absolute Gasteiger partial charge is 0.496 e. The number of nitrogens with one attached hydrogen (secondary N) is 1. The Balaban J connectivity index is 1.87. The lowest BCUT2D eigenvalue weighted by Crippen LogP contribution is -2.36. The molecular weight excluding hydrogens is 252 g/mol. The number of carbonyl (C=O) groups excluding carboxylic acids is 1. The first-order chi connectivity index (χ1) is 9.72. The summed E-state index contributed by atoms with van der Waals surface area (Å²) >= 11 is 0. The predicted molar refractivity (Wildman–Crippen MR) is 79.7 cm³/mol. The third-order valence-corrected chi connectivity index (χ3v) is 3.92. The molecule has 1 heterocycles. The lowest BCUT2D eigenvalue weighted by molar-refractivity contribution is -0.133. The number of nitrogens with zero attached hydrogens (tertiary/aromatic N) is 1. The van der Waals surface area contributed by atoms with Crippen molar-refractivity contribution in [1.29, 1.82) is 0 Å². The van der Waals surface area contributed by atoms with Crippen LogP contribution in [0.2, 0.25) is 0 Å². The van der Waals surface area contributed by atoms with E-state index in [1.54, 1.807) is 7.11 Å². The van der Waals surface area contributed by atoms with Crippen LogP contribution in [-0.4, -0.2) is 38.1 Å². The van der Waals surface area contributed by atoms with Crippen LogP contribution < -0.4 is 10.1 Å². The molecule has 1 amide bonds. The Morgan fingerprint density at radius 2 is 2.15 bits per heavy atom. The monoisotopic (exact) mass is 276 g/mol. The smallest absolute Gasteiger partial charge is 0.226 e. The van der Waals surface area contributed by atoms with Gasteiger partial charge in [-0.2, -0.15) is 0 Å². The second kappa shape index (κ2) is 7.29. The van der Waals surface area contributed by atoms with Gasteiger partial charge in [0.1, 0.15) is 5.75 Å². The van der Waals surface area contributed by atoms with Gasteiger partial charge >= 0.3 is 0 Å². The Morgan fingerprint density at radius 3 is 2.95 bits per heavy atom. The maximum Gasteiger partial charge on any atom is 0.226 e. The van der Waals surface area contributed by atoms with E-state index in [-0.39, 0.29) is 11.8 Å². The van der Waals surface area contributed by atoms with Crippen LogP contribution in [0.25, 0.3) is 0 Å². The Kier molecular flexibility index (Phi) is 5.41. The molecule has 1 N–H and O–H groups in total. The van der Waals surface area contributed by atoms with Crippen LogP contribution in [0.15, 0.2) is 24.3 Å². The number of rotatable bonds is 5. The summed E-state index contributed by atoms with van der Waals surface area (Å²) in [7, 11) is 3.59. The second-order valence-corrected chi connectivity index (χ2v) is 5.40. The molecule has 1 aliphatic rings. The summed E-state index contributed by atoms with van der Waals surface area (Å²) in [5.74, 6) is 1.27. The van der Waals surface area contributed by atoms with E-state index in [1.807, 2.05) is 36.2 Å². The van der Waals surface area contributed by atoms with E-state index in [4.69, 9.17) is 4.74 Å². The van der Waals surface area contributed by atoms with Crippen LogP contribution in [0.4, 0.5) is 0 Å². The van der Waals surface area contributed by atoms with Crippen molar-refractivity contribution in [3.63, 3.8) is 0 Å². The van der Waals surface area contributed by atoms with Gasteiger partial charge in [-0.15, -0.1) is 0 Å². The average Bonchev–Trinajstić information content (AvgIpc) is 2.63. The molecule has 1 fully saturated rings. The molecule has 0 saturated carbocycles. The Morgan fingerprint density at radius 1 is 1.35 bits per heavy atom. The fourth-order valence-electron chi connectivity index (χ4n) is 2.70. The summed E-state index contributed by atoms with van der Waals surface area (Å²) in [6.07, 6.45) is 3.24. The highest BCUT2D eigenvalue weighted by Crippen LogP contribution is 2.18. The molecule has 0 spiro atoms.